The average molecular weight is 272 g/mol. The van der Waals surface area contributed by atoms with Gasteiger partial charge in [-0.1, -0.05) is 44.2 Å². The Morgan fingerprint density at radius 2 is 1.90 bits per heavy atom. The van der Waals surface area contributed by atoms with Crippen LogP contribution < -0.4 is 0 Å². The quantitative estimate of drug-likeness (QED) is 0.840. The molecule has 20 heavy (non-hydrogen) atoms. The Hall–Kier alpha value is -1.61. The van der Waals surface area contributed by atoms with Crippen molar-refractivity contribution < 1.29 is 5.11 Å². The number of benzene rings is 1. The Kier molecular flexibility index (Phi) is 4.96. The van der Waals surface area contributed by atoms with Gasteiger partial charge in [0, 0.05) is 31.8 Å². The Morgan fingerprint density at radius 3 is 2.55 bits per heavy atom. The summed E-state index contributed by atoms with van der Waals surface area (Å²) < 4.78 is 2.14. The normalized spacial score (nSPS) is 14.2. The lowest BCUT2D eigenvalue weighted by Crippen LogP contribution is -2.34. The van der Waals surface area contributed by atoms with Gasteiger partial charge < -0.3 is 9.67 Å². The zero-order valence-corrected chi connectivity index (χ0v) is 12.4. The van der Waals surface area contributed by atoms with Gasteiger partial charge in [0.05, 0.1) is 5.60 Å². The zero-order valence-electron chi connectivity index (χ0n) is 12.4. The van der Waals surface area contributed by atoms with E-state index >= 15 is 0 Å². The van der Waals surface area contributed by atoms with Gasteiger partial charge in [0.15, 0.2) is 0 Å². The molecule has 1 aromatic carbocycles. The molecule has 1 aromatic heterocycles. The summed E-state index contributed by atoms with van der Waals surface area (Å²) in [5, 5.41) is 10.9. The maximum Gasteiger partial charge on any atom is 0.111 e. The Morgan fingerprint density at radius 1 is 1.15 bits per heavy atom. The molecule has 0 spiro atoms. The first-order chi connectivity index (χ1) is 9.67. The van der Waals surface area contributed by atoms with Gasteiger partial charge in [-0.3, -0.25) is 0 Å². The molecule has 0 aliphatic heterocycles. The van der Waals surface area contributed by atoms with Crippen molar-refractivity contribution in [1.29, 1.82) is 0 Å². The third-order valence-electron chi connectivity index (χ3n) is 3.79. The lowest BCUT2D eigenvalue weighted by atomic mass is 9.88. The first kappa shape index (κ1) is 14.8. The molecule has 1 heterocycles. The fraction of sp³-hybridized carbons (Fsp3) is 0.471. The van der Waals surface area contributed by atoms with E-state index in [9.17, 15) is 5.11 Å². The molecule has 0 saturated heterocycles. The summed E-state index contributed by atoms with van der Waals surface area (Å²) in [4.78, 5) is 4.41. The summed E-state index contributed by atoms with van der Waals surface area (Å²) in [6.45, 7) is 5.15. The van der Waals surface area contributed by atoms with Crippen molar-refractivity contribution in [2.75, 3.05) is 0 Å². The van der Waals surface area contributed by atoms with Crippen LogP contribution in [0.1, 0.15) is 38.1 Å². The van der Waals surface area contributed by atoms with Crippen LogP contribution in [0, 0.1) is 0 Å². The molecule has 1 unspecified atom stereocenters. The van der Waals surface area contributed by atoms with E-state index in [2.05, 4.69) is 28.6 Å². The maximum atomic E-state index is 10.9. The van der Waals surface area contributed by atoms with Crippen molar-refractivity contribution in [1.82, 2.24) is 9.55 Å². The molecule has 0 bridgehead atoms. The Bertz CT molecular complexity index is 521. The predicted molar refractivity (Wildman–Crippen MR) is 81.6 cm³/mol. The summed E-state index contributed by atoms with van der Waals surface area (Å²) in [6.07, 6.45) is 6.89. The van der Waals surface area contributed by atoms with Crippen LogP contribution in [-0.4, -0.2) is 20.3 Å². The fourth-order valence-corrected chi connectivity index (χ4v) is 2.53. The summed E-state index contributed by atoms with van der Waals surface area (Å²) >= 11 is 0. The van der Waals surface area contributed by atoms with Gasteiger partial charge in [-0.15, -0.1) is 0 Å². The van der Waals surface area contributed by atoms with Crippen molar-refractivity contribution in [2.45, 2.75) is 51.7 Å². The number of rotatable bonds is 7. The van der Waals surface area contributed by atoms with E-state index < -0.39 is 5.60 Å². The summed E-state index contributed by atoms with van der Waals surface area (Å²) in [5.74, 6) is 0.979. The number of imidazole rings is 1. The minimum absolute atomic E-state index is 0.603. The number of hydrogen-bond donors (Lipinski definition) is 1. The molecule has 0 aliphatic carbocycles. The van der Waals surface area contributed by atoms with Crippen LogP contribution >= 0.6 is 0 Å². The molecular weight excluding hydrogens is 248 g/mol. The summed E-state index contributed by atoms with van der Waals surface area (Å²) in [5.41, 5.74) is 0.448. The van der Waals surface area contributed by atoms with Gasteiger partial charge in [0.25, 0.3) is 0 Å². The predicted octanol–water partition coefficient (Wildman–Crippen LogP) is 3.22. The number of aryl methyl sites for hydroxylation is 1. The van der Waals surface area contributed by atoms with Crippen LogP contribution in [0.25, 0.3) is 0 Å². The van der Waals surface area contributed by atoms with E-state index in [1.807, 2.05) is 37.5 Å². The molecular formula is C17H24N2O. The van der Waals surface area contributed by atoms with Gasteiger partial charge in [-0.05, 0) is 18.4 Å². The monoisotopic (exact) mass is 272 g/mol. The molecule has 0 aliphatic rings. The topological polar surface area (TPSA) is 38.0 Å². The van der Waals surface area contributed by atoms with Crippen LogP contribution in [0.15, 0.2) is 42.7 Å². The van der Waals surface area contributed by atoms with Crippen molar-refractivity contribution in [3.63, 3.8) is 0 Å². The van der Waals surface area contributed by atoms with Crippen molar-refractivity contribution in [2.24, 2.45) is 0 Å². The molecule has 2 aromatic rings. The highest BCUT2D eigenvalue weighted by Crippen LogP contribution is 2.22. The lowest BCUT2D eigenvalue weighted by molar-refractivity contribution is 0.0341. The third-order valence-corrected chi connectivity index (χ3v) is 3.79. The largest absolute Gasteiger partial charge is 0.389 e. The van der Waals surface area contributed by atoms with Crippen LogP contribution in [0.4, 0.5) is 0 Å². The maximum absolute atomic E-state index is 10.9. The first-order valence-electron chi connectivity index (χ1n) is 7.43. The van der Waals surface area contributed by atoms with Crippen molar-refractivity contribution >= 4 is 0 Å². The summed E-state index contributed by atoms with van der Waals surface area (Å²) in [6, 6.07) is 10.2. The number of aromatic nitrogens is 2. The second-order valence-electron chi connectivity index (χ2n) is 5.45. The highest BCUT2D eigenvalue weighted by molar-refractivity contribution is 5.18. The average Bonchev–Trinajstić information content (AvgIpc) is 2.87. The standard InChI is InChI=1S/C17H24N2O/c1-3-11-19-12-10-18-16(19)14-17(20,4-2)13-15-8-6-5-7-9-15/h5-10,12,20H,3-4,11,13-14H2,1-2H3. The number of hydrogen-bond acceptors (Lipinski definition) is 2. The fourth-order valence-electron chi connectivity index (χ4n) is 2.53. The molecule has 1 N–H and O–H groups in total. The summed E-state index contributed by atoms with van der Waals surface area (Å²) in [7, 11) is 0. The van der Waals surface area contributed by atoms with E-state index in [-0.39, 0.29) is 0 Å². The molecule has 2 rings (SSSR count). The SMILES string of the molecule is CCCn1ccnc1CC(O)(CC)Cc1ccccc1. The molecule has 0 radical (unpaired) electrons. The highest BCUT2D eigenvalue weighted by atomic mass is 16.3. The number of nitrogens with zero attached hydrogens (tertiary/aromatic N) is 2. The van der Waals surface area contributed by atoms with Crippen LogP contribution in [-0.2, 0) is 19.4 Å². The van der Waals surface area contributed by atoms with Crippen LogP contribution in [0.3, 0.4) is 0 Å². The third kappa shape index (κ3) is 3.70. The first-order valence-corrected chi connectivity index (χ1v) is 7.43. The zero-order chi connectivity index (χ0) is 14.4. The minimum Gasteiger partial charge on any atom is -0.389 e. The lowest BCUT2D eigenvalue weighted by Gasteiger charge is -2.27. The van der Waals surface area contributed by atoms with Gasteiger partial charge in [0.1, 0.15) is 5.82 Å². The molecule has 3 nitrogen and oxygen atoms in total. The van der Waals surface area contributed by atoms with Crippen molar-refractivity contribution in [3.8, 4) is 0 Å². The van der Waals surface area contributed by atoms with Gasteiger partial charge in [-0.25, -0.2) is 4.98 Å². The molecule has 0 fully saturated rings. The molecule has 108 valence electrons. The Balaban J connectivity index is 2.12. The van der Waals surface area contributed by atoms with E-state index in [1.165, 1.54) is 5.56 Å². The van der Waals surface area contributed by atoms with Gasteiger partial charge in [0.2, 0.25) is 0 Å². The van der Waals surface area contributed by atoms with E-state index in [4.69, 9.17) is 0 Å². The van der Waals surface area contributed by atoms with Crippen molar-refractivity contribution in [3.05, 3.63) is 54.1 Å². The highest BCUT2D eigenvalue weighted by Gasteiger charge is 2.27. The van der Waals surface area contributed by atoms with Crippen LogP contribution in [0.2, 0.25) is 0 Å². The molecule has 1 atom stereocenters. The second-order valence-corrected chi connectivity index (χ2v) is 5.45. The Labute approximate surface area is 121 Å². The van der Waals surface area contributed by atoms with Gasteiger partial charge >= 0.3 is 0 Å². The minimum atomic E-state index is -0.724. The molecule has 0 amide bonds. The molecule has 0 saturated carbocycles. The van der Waals surface area contributed by atoms with Gasteiger partial charge in [-0.2, -0.15) is 0 Å². The van der Waals surface area contributed by atoms with E-state index in [1.54, 1.807) is 0 Å². The second kappa shape index (κ2) is 6.71. The molecule has 3 heteroatoms. The number of aliphatic hydroxyl groups is 1. The smallest absolute Gasteiger partial charge is 0.111 e. The van der Waals surface area contributed by atoms with E-state index in [0.29, 0.717) is 12.8 Å². The van der Waals surface area contributed by atoms with E-state index in [0.717, 1.165) is 25.2 Å². The van der Waals surface area contributed by atoms with Crippen LogP contribution in [0.5, 0.6) is 0 Å².